The van der Waals surface area contributed by atoms with E-state index in [4.69, 9.17) is 37.4 Å². The standard InChI is InChI=1S/C18H18Cl2N2O3/c1-11(7-13-14(19)8-21-9-15(13)20)16-3-4-17(23-2)18(22-16)25-12-5-6-24-10-12/h3-4,8-9,12H,1,5-7,10H2,2H3. The first-order valence-electron chi connectivity index (χ1n) is 7.84. The van der Waals surface area contributed by atoms with Gasteiger partial charge in [0.1, 0.15) is 6.10 Å². The summed E-state index contributed by atoms with van der Waals surface area (Å²) in [5, 5.41) is 1.00. The van der Waals surface area contributed by atoms with Crippen molar-refractivity contribution in [1.82, 2.24) is 9.97 Å². The van der Waals surface area contributed by atoms with Gasteiger partial charge in [0.25, 0.3) is 5.88 Å². The normalized spacial score (nSPS) is 16.7. The summed E-state index contributed by atoms with van der Waals surface area (Å²) in [5.74, 6) is 1.01. The van der Waals surface area contributed by atoms with E-state index in [1.54, 1.807) is 19.5 Å². The predicted octanol–water partition coefficient (Wildman–Crippen LogP) is 4.22. The molecule has 0 aromatic carbocycles. The van der Waals surface area contributed by atoms with Crippen molar-refractivity contribution in [1.29, 1.82) is 0 Å². The van der Waals surface area contributed by atoms with Gasteiger partial charge in [0.2, 0.25) is 0 Å². The predicted molar refractivity (Wildman–Crippen MR) is 97.6 cm³/mol. The van der Waals surface area contributed by atoms with Crippen LogP contribution in [0, 0.1) is 0 Å². The van der Waals surface area contributed by atoms with Gasteiger partial charge in [-0.15, -0.1) is 0 Å². The zero-order chi connectivity index (χ0) is 17.8. The SMILES string of the molecule is C=C(Cc1c(Cl)cncc1Cl)c1ccc(OC)c(OC2CCOC2)n1. The molecule has 2 aromatic heterocycles. The number of hydrogen-bond donors (Lipinski definition) is 0. The van der Waals surface area contributed by atoms with Crippen LogP contribution in [0.4, 0.5) is 0 Å². The number of rotatable bonds is 6. The second-order valence-corrected chi connectivity index (χ2v) is 6.48. The fourth-order valence-corrected chi connectivity index (χ4v) is 3.04. The van der Waals surface area contributed by atoms with Crippen LogP contribution in [0.3, 0.4) is 0 Å². The van der Waals surface area contributed by atoms with Crippen molar-refractivity contribution in [3.8, 4) is 11.6 Å². The van der Waals surface area contributed by atoms with Gasteiger partial charge >= 0.3 is 0 Å². The van der Waals surface area contributed by atoms with Gasteiger partial charge in [0.15, 0.2) is 5.75 Å². The summed E-state index contributed by atoms with van der Waals surface area (Å²) in [5.41, 5.74) is 2.23. The Hall–Kier alpha value is -1.82. The topological polar surface area (TPSA) is 53.5 Å². The molecule has 0 saturated carbocycles. The molecule has 25 heavy (non-hydrogen) atoms. The van der Waals surface area contributed by atoms with Crippen LogP contribution in [-0.2, 0) is 11.2 Å². The molecule has 0 radical (unpaired) electrons. The Morgan fingerprint density at radius 1 is 1.32 bits per heavy atom. The molecule has 1 unspecified atom stereocenters. The third-order valence-corrected chi connectivity index (χ3v) is 4.57. The number of hydrogen-bond acceptors (Lipinski definition) is 5. The van der Waals surface area contributed by atoms with Crippen LogP contribution in [0.1, 0.15) is 17.7 Å². The van der Waals surface area contributed by atoms with Gasteiger partial charge in [-0.3, -0.25) is 4.98 Å². The minimum absolute atomic E-state index is 0.0194. The highest BCUT2D eigenvalue weighted by Gasteiger charge is 2.21. The molecule has 2 aromatic rings. The highest BCUT2D eigenvalue weighted by molar-refractivity contribution is 6.35. The summed E-state index contributed by atoms with van der Waals surface area (Å²) in [4.78, 5) is 8.52. The van der Waals surface area contributed by atoms with Crippen molar-refractivity contribution in [2.24, 2.45) is 0 Å². The van der Waals surface area contributed by atoms with Crippen molar-refractivity contribution in [3.63, 3.8) is 0 Å². The van der Waals surface area contributed by atoms with Gasteiger partial charge in [-0.2, -0.15) is 0 Å². The van der Waals surface area contributed by atoms with E-state index >= 15 is 0 Å². The van der Waals surface area contributed by atoms with Crippen LogP contribution in [0.5, 0.6) is 11.6 Å². The molecule has 0 aliphatic carbocycles. The molecule has 1 aliphatic heterocycles. The molecule has 0 amide bonds. The number of nitrogens with zero attached hydrogens (tertiary/aromatic N) is 2. The molecule has 3 heterocycles. The summed E-state index contributed by atoms with van der Waals surface area (Å²) < 4.78 is 16.6. The molecule has 1 saturated heterocycles. The van der Waals surface area contributed by atoms with E-state index in [-0.39, 0.29) is 6.10 Å². The van der Waals surface area contributed by atoms with E-state index in [0.717, 1.165) is 17.6 Å². The Morgan fingerprint density at radius 3 is 2.72 bits per heavy atom. The Morgan fingerprint density at radius 2 is 2.08 bits per heavy atom. The van der Waals surface area contributed by atoms with E-state index in [2.05, 4.69) is 16.5 Å². The first kappa shape index (κ1) is 18.0. The molecule has 0 bridgehead atoms. The number of halogens is 2. The molecule has 0 spiro atoms. The maximum absolute atomic E-state index is 6.19. The lowest BCUT2D eigenvalue weighted by Crippen LogP contribution is -2.17. The van der Waals surface area contributed by atoms with Crippen LogP contribution >= 0.6 is 23.2 Å². The molecular formula is C18H18Cl2N2O3. The molecule has 5 nitrogen and oxygen atoms in total. The summed E-state index contributed by atoms with van der Waals surface area (Å²) >= 11 is 12.4. The quantitative estimate of drug-likeness (QED) is 0.750. The Balaban J connectivity index is 1.82. The second kappa shape index (κ2) is 8.04. The van der Waals surface area contributed by atoms with Gasteiger partial charge in [0.05, 0.1) is 36.1 Å². The van der Waals surface area contributed by atoms with Gasteiger partial charge in [-0.25, -0.2) is 4.98 Å². The van der Waals surface area contributed by atoms with Crippen molar-refractivity contribution < 1.29 is 14.2 Å². The van der Waals surface area contributed by atoms with E-state index in [0.29, 0.717) is 47.0 Å². The summed E-state index contributed by atoms with van der Waals surface area (Å²) in [6.45, 7) is 5.36. The van der Waals surface area contributed by atoms with Crippen molar-refractivity contribution in [2.75, 3.05) is 20.3 Å². The fourth-order valence-electron chi connectivity index (χ4n) is 2.54. The zero-order valence-corrected chi connectivity index (χ0v) is 15.3. The van der Waals surface area contributed by atoms with E-state index in [9.17, 15) is 0 Å². The van der Waals surface area contributed by atoms with E-state index < -0.39 is 0 Å². The second-order valence-electron chi connectivity index (χ2n) is 5.67. The highest BCUT2D eigenvalue weighted by atomic mass is 35.5. The monoisotopic (exact) mass is 380 g/mol. The fraction of sp³-hybridized carbons (Fsp3) is 0.333. The third-order valence-electron chi connectivity index (χ3n) is 3.92. The summed E-state index contributed by atoms with van der Waals surface area (Å²) in [6, 6.07) is 3.65. The maximum atomic E-state index is 6.19. The van der Waals surface area contributed by atoms with Gasteiger partial charge in [0, 0.05) is 25.2 Å². The van der Waals surface area contributed by atoms with Crippen LogP contribution in [0.25, 0.3) is 5.57 Å². The number of methoxy groups -OCH3 is 1. The number of ether oxygens (including phenoxy) is 3. The van der Waals surface area contributed by atoms with Gasteiger partial charge in [-0.05, 0) is 23.3 Å². The summed E-state index contributed by atoms with van der Waals surface area (Å²) in [6.07, 6.45) is 4.40. The average Bonchev–Trinajstić information content (AvgIpc) is 3.11. The molecule has 0 N–H and O–H groups in total. The lowest BCUT2D eigenvalue weighted by molar-refractivity contribution is 0.135. The average molecular weight is 381 g/mol. The maximum Gasteiger partial charge on any atom is 0.257 e. The summed E-state index contributed by atoms with van der Waals surface area (Å²) in [7, 11) is 1.58. The van der Waals surface area contributed by atoms with Crippen LogP contribution < -0.4 is 9.47 Å². The van der Waals surface area contributed by atoms with Crippen molar-refractivity contribution >= 4 is 28.8 Å². The van der Waals surface area contributed by atoms with E-state index in [1.165, 1.54) is 0 Å². The minimum atomic E-state index is -0.0194. The number of allylic oxidation sites excluding steroid dienone is 1. The first-order valence-corrected chi connectivity index (χ1v) is 8.59. The Labute approximate surface area is 156 Å². The minimum Gasteiger partial charge on any atom is -0.491 e. The molecular weight excluding hydrogens is 363 g/mol. The van der Waals surface area contributed by atoms with Gasteiger partial charge in [-0.1, -0.05) is 29.8 Å². The lowest BCUT2D eigenvalue weighted by atomic mass is 10.0. The molecule has 1 aliphatic rings. The largest absolute Gasteiger partial charge is 0.491 e. The lowest BCUT2D eigenvalue weighted by Gasteiger charge is -2.16. The molecule has 7 heteroatoms. The Bertz CT molecular complexity index is 757. The molecule has 132 valence electrons. The van der Waals surface area contributed by atoms with Crippen LogP contribution in [-0.4, -0.2) is 36.4 Å². The number of aromatic nitrogens is 2. The molecule has 3 rings (SSSR count). The van der Waals surface area contributed by atoms with Gasteiger partial charge < -0.3 is 14.2 Å². The highest BCUT2D eigenvalue weighted by Crippen LogP contribution is 2.32. The Kier molecular flexibility index (Phi) is 5.78. The first-order chi connectivity index (χ1) is 12.1. The molecule has 1 fully saturated rings. The van der Waals surface area contributed by atoms with Crippen molar-refractivity contribution in [3.05, 3.63) is 52.4 Å². The van der Waals surface area contributed by atoms with Crippen molar-refractivity contribution in [2.45, 2.75) is 18.9 Å². The van der Waals surface area contributed by atoms with Crippen LogP contribution in [0.15, 0.2) is 31.1 Å². The molecule has 1 atom stereocenters. The third kappa shape index (κ3) is 4.24. The van der Waals surface area contributed by atoms with E-state index in [1.807, 2.05) is 12.1 Å². The zero-order valence-electron chi connectivity index (χ0n) is 13.8. The number of pyridine rings is 2. The van der Waals surface area contributed by atoms with Crippen LogP contribution in [0.2, 0.25) is 10.0 Å². The smallest absolute Gasteiger partial charge is 0.257 e.